The quantitative estimate of drug-likeness (QED) is 0.674. The molecule has 0 aliphatic carbocycles. The average molecular weight is 410 g/mol. The molecule has 0 saturated carbocycles. The predicted molar refractivity (Wildman–Crippen MR) is 116 cm³/mol. The molecule has 0 radical (unpaired) electrons. The number of fused-ring (bicyclic) bond motifs is 1. The van der Waals surface area contributed by atoms with Crippen LogP contribution >= 0.6 is 0 Å². The third kappa shape index (κ3) is 5.01. The minimum Gasteiger partial charge on any atom is -0.299 e. The summed E-state index contributed by atoms with van der Waals surface area (Å²) in [5.74, 6) is 0.317. The maximum Gasteiger partial charge on any atom is 0.240 e. The Balaban J connectivity index is 1.36. The monoisotopic (exact) mass is 409 g/mol. The molecule has 1 saturated heterocycles. The number of aromatic nitrogens is 1. The molecule has 29 heavy (non-hydrogen) atoms. The van der Waals surface area contributed by atoms with E-state index >= 15 is 0 Å². The number of nitrogens with zero attached hydrogens (tertiary/aromatic N) is 2. The topological polar surface area (TPSA) is 62.3 Å². The van der Waals surface area contributed by atoms with Gasteiger partial charge in [-0.15, -0.1) is 0 Å². The number of rotatable bonds is 6. The smallest absolute Gasteiger partial charge is 0.240 e. The minimum absolute atomic E-state index is 0.317. The molecule has 6 heteroatoms. The van der Waals surface area contributed by atoms with Crippen LogP contribution in [0, 0.1) is 12.8 Å². The SMILES string of the molecule is Cc1ccc(S(=O)(=O)NCC2CCCN(Cc3cnc4ccccc4c3)C2)cc1. The first-order chi connectivity index (χ1) is 14.0. The second kappa shape index (κ2) is 8.61. The number of hydrogen-bond acceptors (Lipinski definition) is 4. The Morgan fingerprint density at radius 2 is 1.93 bits per heavy atom. The summed E-state index contributed by atoms with van der Waals surface area (Å²) in [5.41, 5.74) is 3.26. The molecule has 0 amide bonds. The fourth-order valence-electron chi connectivity index (χ4n) is 3.95. The first kappa shape index (κ1) is 20.0. The van der Waals surface area contributed by atoms with Crippen LogP contribution in [0.2, 0.25) is 0 Å². The Labute approximate surface area is 172 Å². The number of likely N-dealkylation sites (tertiary alicyclic amines) is 1. The van der Waals surface area contributed by atoms with Gasteiger partial charge in [-0.25, -0.2) is 13.1 Å². The summed E-state index contributed by atoms with van der Waals surface area (Å²) < 4.78 is 27.9. The van der Waals surface area contributed by atoms with Gasteiger partial charge in [0, 0.05) is 31.2 Å². The molecule has 1 atom stereocenters. The molecule has 1 N–H and O–H groups in total. The summed E-state index contributed by atoms with van der Waals surface area (Å²) in [6, 6.07) is 17.3. The van der Waals surface area contributed by atoms with Crippen molar-refractivity contribution in [3.8, 4) is 0 Å². The lowest BCUT2D eigenvalue weighted by Crippen LogP contribution is -2.40. The summed E-state index contributed by atoms with van der Waals surface area (Å²) in [7, 11) is -3.46. The molecular formula is C23H27N3O2S. The van der Waals surface area contributed by atoms with Crippen LogP contribution in [0.1, 0.15) is 24.0 Å². The van der Waals surface area contributed by atoms with Crippen molar-refractivity contribution >= 4 is 20.9 Å². The average Bonchev–Trinajstić information content (AvgIpc) is 2.73. The minimum atomic E-state index is -3.46. The van der Waals surface area contributed by atoms with Crippen LogP contribution in [0.15, 0.2) is 65.7 Å². The number of benzene rings is 2. The van der Waals surface area contributed by atoms with Gasteiger partial charge in [0.1, 0.15) is 0 Å². The number of piperidine rings is 1. The van der Waals surface area contributed by atoms with Crippen LogP contribution in [0.4, 0.5) is 0 Å². The van der Waals surface area contributed by atoms with Crippen molar-refractivity contribution in [2.24, 2.45) is 5.92 Å². The fourth-order valence-corrected chi connectivity index (χ4v) is 5.07. The molecule has 0 spiro atoms. The Morgan fingerprint density at radius 1 is 1.14 bits per heavy atom. The second-order valence-corrected chi connectivity index (χ2v) is 9.71. The van der Waals surface area contributed by atoms with Gasteiger partial charge in [-0.05, 0) is 62.1 Å². The van der Waals surface area contributed by atoms with Crippen molar-refractivity contribution in [3.63, 3.8) is 0 Å². The lowest BCUT2D eigenvalue weighted by atomic mass is 9.98. The van der Waals surface area contributed by atoms with E-state index in [0.717, 1.165) is 48.9 Å². The Kier molecular flexibility index (Phi) is 5.94. The fraction of sp³-hybridized carbons (Fsp3) is 0.348. The van der Waals surface area contributed by atoms with E-state index in [1.165, 1.54) is 5.56 Å². The van der Waals surface area contributed by atoms with E-state index in [0.29, 0.717) is 17.4 Å². The van der Waals surface area contributed by atoms with Crippen LogP contribution in [0.5, 0.6) is 0 Å². The van der Waals surface area contributed by atoms with E-state index < -0.39 is 10.0 Å². The summed E-state index contributed by atoms with van der Waals surface area (Å²) in [6.45, 7) is 5.20. The third-order valence-electron chi connectivity index (χ3n) is 5.55. The molecule has 1 unspecified atom stereocenters. The number of aryl methyl sites for hydroxylation is 1. The van der Waals surface area contributed by atoms with Gasteiger partial charge < -0.3 is 0 Å². The van der Waals surface area contributed by atoms with Crippen molar-refractivity contribution < 1.29 is 8.42 Å². The standard InChI is InChI=1S/C23H27N3O2S/c1-18-8-10-22(11-9-18)29(27,28)25-15-19-5-4-12-26(16-19)17-20-13-21-6-2-3-7-23(21)24-14-20/h2-3,6-11,13-14,19,25H,4-5,12,15-17H2,1H3. The van der Waals surface area contributed by atoms with Crippen LogP contribution in [-0.4, -0.2) is 37.9 Å². The Bertz CT molecular complexity index is 1080. The Hall–Kier alpha value is -2.28. The number of sulfonamides is 1. The van der Waals surface area contributed by atoms with Gasteiger partial charge in [0.25, 0.3) is 0 Å². The maximum atomic E-state index is 12.6. The number of hydrogen-bond donors (Lipinski definition) is 1. The molecular weight excluding hydrogens is 382 g/mol. The molecule has 1 aliphatic rings. The molecule has 152 valence electrons. The molecule has 1 aliphatic heterocycles. The number of nitrogens with one attached hydrogen (secondary N) is 1. The number of pyridine rings is 1. The predicted octanol–water partition coefficient (Wildman–Crippen LogP) is 3.73. The van der Waals surface area contributed by atoms with Gasteiger partial charge in [-0.3, -0.25) is 9.88 Å². The van der Waals surface area contributed by atoms with Gasteiger partial charge >= 0.3 is 0 Å². The first-order valence-electron chi connectivity index (χ1n) is 10.1. The third-order valence-corrected chi connectivity index (χ3v) is 6.99. The second-order valence-electron chi connectivity index (χ2n) is 7.94. The summed E-state index contributed by atoms with van der Waals surface area (Å²) in [6.07, 6.45) is 4.08. The van der Waals surface area contributed by atoms with Crippen LogP contribution in [0.3, 0.4) is 0 Å². The van der Waals surface area contributed by atoms with Crippen molar-refractivity contribution in [1.82, 2.24) is 14.6 Å². The lowest BCUT2D eigenvalue weighted by Gasteiger charge is -2.32. The zero-order valence-electron chi connectivity index (χ0n) is 16.7. The van der Waals surface area contributed by atoms with E-state index in [1.54, 1.807) is 12.1 Å². The summed E-state index contributed by atoms with van der Waals surface area (Å²) in [5, 5.41) is 1.16. The van der Waals surface area contributed by atoms with E-state index in [2.05, 4.69) is 26.7 Å². The van der Waals surface area contributed by atoms with Gasteiger partial charge in [-0.1, -0.05) is 35.9 Å². The van der Waals surface area contributed by atoms with E-state index in [9.17, 15) is 8.42 Å². The van der Waals surface area contributed by atoms with Gasteiger partial charge in [0.2, 0.25) is 10.0 Å². The van der Waals surface area contributed by atoms with Crippen LogP contribution in [0.25, 0.3) is 10.9 Å². The highest BCUT2D eigenvalue weighted by molar-refractivity contribution is 7.89. The van der Waals surface area contributed by atoms with Crippen molar-refractivity contribution in [3.05, 3.63) is 71.9 Å². The molecule has 1 fully saturated rings. The van der Waals surface area contributed by atoms with Crippen molar-refractivity contribution in [2.45, 2.75) is 31.2 Å². The number of para-hydroxylation sites is 1. The highest BCUT2D eigenvalue weighted by Gasteiger charge is 2.22. The summed E-state index contributed by atoms with van der Waals surface area (Å²) in [4.78, 5) is 7.29. The van der Waals surface area contributed by atoms with E-state index in [1.807, 2.05) is 43.5 Å². The first-order valence-corrected chi connectivity index (χ1v) is 11.6. The summed E-state index contributed by atoms with van der Waals surface area (Å²) >= 11 is 0. The maximum absolute atomic E-state index is 12.6. The Morgan fingerprint density at radius 3 is 2.76 bits per heavy atom. The van der Waals surface area contributed by atoms with Crippen molar-refractivity contribution in [2.75, 3.05) is 19.6 Å². The molecule has 3 aromatic rings. The molecule has 5 nitrogen and oxygen atoms in total. The molecule has 2 heterocycles. The van der Waals surface area contributed by atoms with Gasteiger partial charge in [0.15, 0.2) is 0 Å². The van der Waals surface area contributed by atoms with Crippen LogP contribution < -0.4 is 4.72 Å². The van der Waals surface area contributed by atoms with E-state index in [-0.39, 0.29) is 0 Å². The van der Waals surface area contributed by atoms with Crippen molar-refractivity contribution in [1.29, 1.82) is 0 Å². The van der Waals surface area contributed by atoms with Gasteiger partial charge in [-0.2, -0.15) is 0 Å². The molecule has 0 bridgehead atoms. The molecule has 2 aromatic carbocycles. The normalized spacial score (nSPS) is 18.2. The zero-order chi connectivity index (χ0) is 20.3. The molecule has 1 aromatic heterocycles. The zero-order valence-corrected chi connectivity index (χ0v) is 17.5. The molecule has 4 rings (SSSR count). The van der Waals surface area contributed by atoms with Gasteiger partial charge in [0.05, 0.1) is 10.4 Å². The largest absolute Gasteiger partial charge is 0.299 e. The highest BCUT2D eigenvalue weighted by atomic mass is 32.2. The lowest BCUT2D eigenvalue weighted by molar-refractivity contribution is 0.169. The highest BCUT2D eigenvalue weighted by Crippen LogP contribution is 2.20. The van der Waals surface area contributed by atoms with Crippen LogP contribution in [-0.2, 0) is 16.6 Å². The van der Waals surface area contributed by atoms with E-state index in [4.69, 9.17) is 0 Å².